The van der Waals surface area contributed by atoms with Crippen molar-refractivity contribution in [3.8, 4) is 0 Å². The number of nitrogens with one attached hydrogen (secondary N) is 1. The van der Waals surface area contributed by atoms with Crippen LogP contribution in [0.5, 0.6) is 0 Å². The molecule has 4 nitrogen and oxygen atoms in total. The Labute approximate surface area is 128 Å². The van der Waals surface area contributed by atoms with Crippen molar-refractivity contribution >= 4 is 29.1 Å². The number of rotatable bonds is 3. The lowest BCUT2D eigenvalue weighted by Gasteiger charge is -2.23. The molecule has 0 aliphatic carbocycles. The third kappa shape index (κ3) is 3.52. The predicted octanol–water partition coefficient (Wildman–Crippen LogP) is 4.47. The van der Waals surface area contributed by atoms with Gasteiger partial charge in [0.25, 0.3) is 0 Å². The molecular weight excluding hydrogens is 288 g/mol. The first-order valence-electron chi connectivity index (χ1n) is 6.55. The third-order valence-corrected chi connectivity index (χ3v) is 3.35. The molecule has 0 spiro atoms. The number of carbonyl (C=O) groups is 1. The number of hydrogen-bond acceptors (Lipinski definition) is 3. The van der Waals surface area contributed by atoms with Crippen molar-refractivity contribution in [1.29, 1.82) is 0 Å². The second kappa shape index (κ2) is 5.74. The number of carboxylic acids is 1. The molecule has 0 unspecified atom stereocenters. The zero-order chi connectivity index (χ0) is 15.6. The Balaban J connectivity index is 2.40. The minimum atomic E-state index is -1.15. The Morgan fingerprint density at radius 2 is 1.86 bits per heavy atom. The predicted molar refractivity (Wildman–Crippen MR) is 84.6 cm³/mol. The van der Waals surface area contributed by atoms with E-state index in [9.17, 15) is 4.79 Å². The number of benzene rings is 1. The quantitative estimate of drug-likeness (QED) is 0.878. The van der Waals surface area contributed by atoms with Crippen LogP contribution in [0, 0.1) is 0 Å². The van der Waals surface area contributed by atoms with Gasteiger partial charge in [-0.1, -0.05) is 50.6 Å². The van der Waals surface area contributed by atoms with E-state index in [2.05, 4.69) is 31.1 Å². The summed E-state index contributed by atoms with van der Waals surface area (Å²) in [5, 5.41) is 12.4. The molecule has 21 heavy (non-hydrogen) atoms. The Bertz CT molecular complexity index is 678. The van der Waals surface area contributed by atoms with E-state index in [0.717, 1.165) is 11.3 Å². The number of hydrogen-bond donors (Lipinski definition) is 2. The van der Waals surface area contributed by atoms with Crippen molar-refractivity contribution < 1.29 is 9.90 Å². The maximum atomic E-state index is 11.1. The number of aromatic nitrogens is 1. The topological polar surface area (TPSA) is 62.2 Å². The first-order chi connectivity index (χ1) is 9.79. The molecule has 0 atom stereocenters. The zero-order valence-corrected chi connectivity index (χ0v) is 12.9. The summed E-state index contributed by atoms with van der Waals surface area (Å²) in [7, 11) is 0. The van der Waals surface area contributed by atoms with Crippen LogP contribution in [0.4, 0.5) is 11.5 Å². The van der Waals surface area contributed by atoms with Crippen molar-refractivity contribution in [3.05, 3.63) is 52.7 Å². The summed E-state index contributed by atoms with van der Waals surface area (Å²) in [6.45, 7) is 6.35. The van der Waals surface area contributed by atoms with Crippen LogP contribution >= 0.6 is 11.6 Å². The minimum absolute atomic E-state index is 0.0361. The molecule has 110 valence electrons. The highest BCUT2D eigenvalue weighted by Gasteiger charge is 2.18. The fourth-order valence-corrected chi connectivity index (χ4v) is 2.23. The molecule has 5 heteroatoms. The molecule has 2 rings (SSSR count). The standard InChI is InChI=1S/C16H17ClN2O2/c1-16(2,3)10-6-4-5-7-12(10)18-13-9-8-11(17)14(19-13)15(20)21/h4-9H,1-3H3,(H,18,19)(H,20,21). The summed E-state index contributed by atoms with van der Waals surface area (Å²) in [6.07, 6.45) is 0. The van der Waals surface area contributed by atoms with Crippen LogP contribution in [0.1, 0.15) is 36.8 Å². The first kappa shape index (κ1) is 15.3. The van der Waals surface area contributed by atoms with Crippen LogP contribution in [0.3, 0.4) is 0 Å². The number of halogens is 1. The summed E-state index contributed by atoms with van der Waals surface area (Å²) < 4.78 is 0. The normalized spacial score (nSPS) is 11.2. The highest BCUT2D eigenvalue weighted by Crippen LogP contribution is 2.31. The maximum Gasteiger partial charge on any atom is 0.356 e. The average molecular weight is 305 g/mol. The molecule has 0 aliphatic rings. The van der Waals surface area contributed by atoms with Gasteiger partial charge >= 0.3 is 5.97 Å². The van der Waals surface area contributed by atoms with Gasteiger partial charge in [0.1, 0.15) is 5.82 Å². The van der Waals surface area contributed by atoms with Crippen molar-refractivity contribution in [1.82, 2.24) is 4.98 Å². The SMILES string of the molecule is CC(C)(C)c1ccccc1Nc1ccc(Cl)c(C(=O)O)n1. The van der Waals surface area contributed by atoms with E-state index in [-0.39, 0.29) is 16.1 Å². The van der Waals surface area contributed by atoms with Gasteiger partial charge in [-0.15, -0.1) is 0 Å². The van der Waals surface area contributed by atoms with Crippen LogP contribution in [-0.4, -0.2) is 16.1 Å². The molecule has 0 saturated heterocycles. The summed E-state index contributed by atoms with van der Waals surface area (Å²) in [5.74, 6) is -0.693. The molecule has 1 aromatic carbocycles. The Morgan fingerprint density at radius 1 is 1.19 bits per heavy atom. The lowest BCUT2D eigenvalue weighted by atomic mass is 9.86. The molecular formula is C16H17ClN2O2. The molecule has 1 heterocycles. The minimum Gasteiger partial charge on any atom is -0.476 e. The van der Waals surface area contributed by atoms with Gasteiger partial charge in [0, 0.05) is 5.69 Å². The number of pyridine rings is 1. The van der Waals surface area contributed by atoms with Gasteiger partial charge in [0.2, 0.25) is 0 Å². The second-order valence-electron chi connectivity index (χ2n) is 5.75. The lowest BCUT2D eigenvalue weighted by Crippen LogP contribution is -2.14. The van der Waals surface area contributed by atoms with E-state index < -0.39 is 5.97 Å². The van der Waals surface area contributed by atoms with E-state index in [1.165, 1.54) is 6.07 Å². The molecule has 0 fully saturated rings. The van der Waals surface area contributed by atoms with Gasteiger partial charge in [0.05, 0.1) is 5.02 Å². The van der Waals surface area contributed by atoms with Crippen LogP contribution in [0.25, 0.3) is 0 Å². The zero-order valence-electron chi connectivity index (χ0n) is 12.1. The molecule has 0 bridgehead atoms. The molecule has 1 aromatic heterocycles. The summed E-state index contributed by atoms with van der Waals surface area (Å²) in [5.41, 5.74) is 1.83. The molecule has 2 N–H and O–H groups in total. The third-order valence-electron chi connectivity index (χ3n) is 3.05. The summed E-state index contributed by atoms with van der Waals surface area (Å²) >= 11 is 5.83. The van der Waals surface area contributed by atoms with Crippen LogP contribution in [0.15, 0.2) is 36.4 Å². The van der Waals surface area contributed by atoms with Gasteiger partial charge in [-0.2, -0.15) is 0 Å². The maximum absolute atomic E-state index is 11.1. The van der Waals surface area contributed by atoms with Crippen LogP contribution in [-0.2, 0) is 5.41 Å². The van der Waals surface area contributed by atoms with Crippen LogP contribution < -0.4 is 5.32 Å². The monoisotopic (exact) mass is 304 g/mol. The van der Waals surface area contributed by atoms with Crippen molar-refractivity contribution in [2.24, 2.45) is 0 Å². The van der Waals surface area contributed by atoms with E-state index >= 15 is 0 Å². The largest absolute Gasteiger partial charge is 0.476 e. The fourth-order valence-electron chi connectivity index (χ4n) is 2.05. The molecule has 2 aromatic rings. The van der Waals surface area contributed by atoms with Gasteiger partial charge < -0.3 is 10.4 Å². The van der Waals surface area contributed by atoms with Gasteiger partial charge in [0.15, 0.2) is 5.69 Å². The number of para-hydroxylation sites is 1. The van der Waals surface area contributed by atoms with Gasteiger partial charge in [-0.25, -0.2) is 9.78 Å². The first-order valence-corrected chi connectivity index (χ1v) is 6.93. The highest BCUT2D eigenvalue weighted by molar-refractivity contribution is 6.33. The Hall–Kier alpha value is -2.07. The highest BCUT2D eigenvalue weighted by atomic mass is 35.5. The molecule has 0 aliphatic heterocycles. The Morgan fingerprint density at radius 3 is 2.48 bits per heavy atom. The molecule has 0 amide bonds. The van der Waals surface area contributed by atoms with Crippen molar-refractivity contribution in [2.75, 3.05) is 5.32 Å². The van der Waals surface area contributed by atoms with Crippen molar-refractivity contribution in [2.45, 2.75) is 26.2 Å². The second-order valence-corrected chi connectivity index (χ2v) is 6.16. The van der Waals surface area contributed by atoms with E-state index in [4.69, 9.17) is 16.7 Å². The van der Waals surface area contributed by atoms with Crippen molar-refractivity contribution in [3.63, 3.8) is 0 Å². The molecule has 0 radical (unpaired) electrons. The summed E-state index contributed by atoms with van der Waals surface area (Å²) in [6, 6.07) is 11.1. The van der Waals surface area contributed by atoms with Gasteiger partial charge in [-0.3, -0.25) is 0 Å². The average Bonchev–Trinajstić information content (AvgIpc) is 2.40. The fraction of sp³-hybridized carbons (Fsp3) is 0.250. The lowest BCUT2D eigenvalue weighted by molar-refractivity contribution is 0.0691. The molecule has 0 saturated carbocycles. The number of aromatic carboxylic acids is 1. The number of anilines is 2. The smallest absolute Gasteiger partial charge is 0.356 e. The number of nitrogens with zero attached hydrogens (tertiary/aromatic N) is 1. The summed E-state index contributed by atoms with van der Waals surface area (Å²) in [4.78, 5) is 15.1. The van der Waals surface area contributed by atoms with E-state index in [1.54, 1.807) is 6.07 Å². The van der Waals surface area contributed by atoms with Crippen LogP contribution in [0.2, 0.25) is 5.02 Å². The van der Waals surface area contributed by atoms with E-state index in [1.807, 2.05) is 24.3 Å². The Kier molecular flexibility index (Phi) is 4.19. The number of carboxylic acid groups (broad SMARTS) is 1. The van der Waals surface area contributed by atoms with E-state index in [0.29, 0.717) is 5.82 Å². The van der Waals surface area contributed by atoms with Gasteiger partial charge in [-0.05, 0) is 29.2 Å².